The molecule has 0 saturated carbocycles. The average Bonchev–Trinajstić information content (AvgIpc) is 2.87. The Bertz CT molecular complexity index is 776. The number of hydrogen-bond donors (Lipinski definition) is 0. The van der Waals surface area contributed by atoms with E-state index in [4.69, 9.17) is 0 Å². The van der Waals surface area contributed by atoms with E-state index < -0.39 is 8.07 Å². The van der Waals surface area contributed by atoms with Crippen molar-refractivity contribution in [2.24, 2.45) is 0 Å². The summed E-state index contributed by atoms with van der Waals surface area (Å²) in [5.74, 6) is 0. The molecule has 0 fully saturated rings. The van der Waals surface area contributed by atoms with E-state index in [1.807, 2.05) is 0 Å². The van der Waals surface area contributed by atoms with Crippen LogP contribution in [0.3, 0.4) is 0 Å². The van der Waals surface area contributed by atoms with Gasteiger partial charge in [-0.3, -0.25) is 0 Å². The first-order chi connectivity index (χ1) is 9.79. The number of aryl methyl sites for hydroxylation is 1. The van der Waals surface area contributed by atoms with E-state index in [0.717, 1.165) is 0 Å². The number of hydrogen-bond acceptors (Lipinski definition) is 0. The van der Waals surface area contributed by atoms with Gasteiger partial charge in [-0.15, -0.1) is 0 Å². The van der Waals surface area contributed by atoms with Crippen LogP contribution in [0.5, 0.6) is 0 Å². The third-order valence-corrected chi connectivity index (χ3v) is 9.42. The second kappa shape index (κ2) is 4.32. The van der Waals surface area contributed by atoms with Gasteiger partial charge in [0, 0.05) is 0 Å². The maximum absolute atomic E-state index is 2.54. The Labute approximate surface area is 121 Å². The lowest BCUT2D eigenvalue weighted by molar-refractivity contribution is 1.16. The van der Waals surface area contributed by atoms with Gasteiger partial charge in [-0.05, 0) is 34.0 Å². The Balaban J connectivity index is 2.04. The number of fused-ring (bicyclic) bond motifs is 3. The van der Waals surface area contributed by atoms with Gasteiger partial charge in [-0.2, -0.15) is 0 Å². The van der Waals surface area contributed by atoms with Crippen LogP contribution in [0.1, 0.15) is 5.56 Å². The first-order valence-corrected chi connectivity index (χ1v) is 10.1. The molecule has 98 valence electrons. The molecule has 0 bridgehead atoms. The van der Waals surface area contributed by atoms with Crippen LogP contribution in [0.2, 0.25) is 12.6 Å². The van der Waals surface area contributed by atoms with Gasteiger partial charge in [-0.1, -0.05) is 78.5 Å². The number of benzene rings is 3. The Morgan fingerprint density at radius 1 is 0.800 bits per heavy atom. The highest BCUT2D eigenvalue weighted by Gasteiger charge is 2.39. The molecule has 0 aliphatic carbocycles. The molecule has 20 heavy (non-hydrogen) atoms. The van der Waals surface area contributed by atoms with Crippen LogP contribution in [0.4, 0.5) is 0 Å². The van der Waals surface area contributed by atoms with Crippen molar-refractivity contribution in [2.45, 2.75) is 19.0 Å². The van der Waals surface area contributed by atoms with Crippen molar-refractivity contribution in [3.05, 3.63) is 72.3 Å². The van der Waals surface area contributed by atoms with Gasteiger partial charge in [-0.25, -0.2) is 0 Å². The molecular formula is C19H18Si. The highest BCUT2D eigenvalue weighted by molar-refractivity contribution is 7.03. The minimum Gasteiger partial charge on any atom is -0.0626 e. The van der Waals surface area contributed by atoms with Gasteiger partial charge in [0.15, 0.2) is 0 Å². The Kier molecular flexibility index (Phi) is 2.58. The topological polar surface area (TPSA) is 0 Å². The predicted octanol–water partition coefficient (Wildman–Crippen LogP) is 3.59. The van der Waals surface area contributed by atoms with E-state index in [-0.39, 0.29) is 0 Å². The molecule has 1 unspecified atom stereocenters. The fourth-order valence-corrected chi connectivity index (χ4v) is 8.05. The van der Waals surface area contributed by atoms with Crippen LogP contribution < -0.4 is 10.4 Å². The molecule has 0 radical (unpaired) electrons. The molecular weight excluding hydrogens is 256 g/mol. The summed E-state index contributed by atoms with van der Waals surface area (Å²) in [7, 11) is -1.55. The molecule has 0 aromatic heterocycles. The summed E-state index contributed by atoms with van der Waals surface area (Å²) in [6.45, 7) is 2.54. The first-order valence-electron chi connectivity index (χ1n) is 7.36. The van der Waals surface area contributed by atoms with Crippen molar-refractivity contribution in [1.82, 2.24) is 0 Å². The quantitative estimate of drug-likeness (QED) is 0.595. The van der Waals surface area contributed by atoms with Crippen molar-refractivity contribution in [3.63, 3.8) is 0 Å². The highest BCUT2D eigenvalue weighted by atomic mass is 28.3. The summed E-state index contributed by atoms with van der Waals surface area (Å²) in [6, 6.07) is 26.1. The Hall–Kier alpha value is -1.86. The largest absolute Gasteiger partial charge is 0.116 e. The van der Waals surface area contributed by atoms with Gasteiger partial charge < -0.3 is 0 Å². The first kappa shape index (κ1) is 11.9. The lowest BCUT2D eigenvalue weighted by Crippen LogP contribution is -2.53. The van der Waals surface area contributed by atoms with E-state index in [1.54, 1.807) is 15.9 Å². The fourth-order valence-electron chi connectivity index (χ4n) is 3.78. The molecule has 4 rings (SSSR count). The maximum Gasteiger partial charge on any atom is 0.116 e. The molecule has 0 spiro atoms. The molecule has 1 aliphatic heterocycles. The highest BCUT2D eigenvalue weighted by Crippen LogP contribution is 2.28. The smallest absolute Gasteiger partial charge is 0.0626 e. The van der Waals surface area contributed by atoms with E-state index in [1.165, 1.54) is 23.2 Å². The summed E-state index contributed by atoms with van der Waals surface area (Å²) in [5, 5.41) is 6.14. The monoisotopic (exact) mass is 274 g/mol. The minimum absolute atomic E-state index is 1.25. The van der Waals surface area contributed by atoms with Crippen molar-refractivity contribution in [1.29, 1.82) is 0 Å². The molecule has 0 nitrogen and oxygen atoms in total. The zero-order chi connectivity index (χ0) is 13.6. The van der Waals surface area contributed by atoms with E-state index in [0.29, 0.717) is 0 Å². The third-order valence-electron chi connectivity index (χ3n) is 4.87. The van der Waals surface area contributed by atoms with Crippen molar-refractivity contribution >= 4 is 29.2 Å². The van der Waals surface area contributed by atoms with Gasteiger partial charge in [0.2, 0.25) is 0 Å². The molecule has 0 saturated heterocycles. The second-order valence-electron chi connectivity index (χ2n) is 6.02. The Morgan fingerprint density at radius 3 is 2.40 bits per heavy atom. The van der Waals surface area contributed by atoms with Crippen LogP contribution in [0.25, 0.3) is 10.8 Å². The van der Waals surface area contributed by atoms with Crippen LogP contribution in [0.15, 0.2) is 66.7 Å². The van der Waals surface area contributed by atoms with Crippen LogP contribution in [-0.4, -0.2) is 8.07 Å². The van der Waals surface area contributed by atoms with E-state index in [2.05, 4.69) is 73.3 Å². The SMILES string of the molecule is C[Si]1(c2ccccc2)CCc2ccc3ccccc3c21. The summed E-state index contributed by atoms with van der Waals surface area (Å²) >= 11 is 0. The molecule has 0 N–H and O–H groups in total. The average molecular weight is 274 g/mol. The van der Waals surface area contributed by atoms with Crippen molar-refractivity contribution < 1.29 is 0 Å². The molecule has 1 heteroatoms. The predicted molar refractivity (Wildman–Crippen MR) is 89.8 cm³/mol. The molecule has 0 amide bonds. The summed E-state index contributed by atoms with van der Waals surface area (Å²) in [4.78, 5) is 0. The van der Waals surface area contributed by atoms with Gasteiger partial charge >= 0.3 is 0 Å². The summed E-state index contributed by atoms with van der Waals surface area (Å²) < 4.78 is 0. The van der Waals surface area contributed by atoms with Crippen molar-refractivity contribution in [2.75, 3.05) is 0 Å². The second-order valence-corrected chi connectivity index (χ2v) is 10.3. The van der Waals surface area contributed by atoms with Crippen LogP contribution in [0, 0.1) is 0 Å². The van der Waals surface area contributed by atoms with Crippen LogP contribution >= 0.6 is 0 Å². The number of rotatable bonds is 1. The maximum atomic E-state index is 2.54. The minimum atomic E-state index is -1.55. The zero-order valence-electron chi connectivity index (χ0n) is 11.8. The van der Waals surface area contributed by atoms with Crippen molar-refractivity contribution in [3.8, 4) is 0 Å². The van der Waals surface area contributed by atoms with E-state index >= 15 is 0 Å². The normalized spacial score (nSPS) is 21.1. The lowest BCUT2D eigenvalue weighted by Gasteiger charge is -2.25. The molecule has 1 atom stereocenters. The molecule has 1 heterocycles. The molecule has 1 aliphatic rings. The zero-order valence-corrected chi connectivity index (χ0v) is 12.8. The van der Waals surface area contributed by atoms with Gasteiger partial charge in [0.25, 0.3) is 0 Å². The standard InChI is InChI=1S/C19H18Si/c1-20(17-8-3-2-4-9-17)14-13-16-12-11-15-7-5-6-10-18(15)19(16)20/h2-12H,13-14H2,1H3. The van der Waals surface area contributed by atoms with E-state index in [9.17, 15) is 0 Å². The van der Waals surface area contributed by atoms with Crippen LogP contribution in [-0.2, 0) is 6.42 Å². The Morgan fingerprint density at radius 2 is 1.55 bits per heavy atom. The summed E-state index contributed by atoms with van der Waals surface area (Å²) in [6.07, 6.45) is 1.25. The molecule has 3 aromatic rings. The third kappa shape index (κ3) is 1.60. The van der Waals surface area contributed by atoms with Gasteiger partial charge in [0.05, 0.1) is 0 Å². The lowest BCUT2D eigenvalue weighted by atomic mass is 10.1. The summed E-state index contributed by atoms with van der Waals surface area (Å²) in [5.41, 5.74) is 1.58. The molecule has 3 aromatic carbocycles. The fraction of sp³-hybridized carbons (Fsp3) is 0.158. The van der Waals surface area contributed by atoms with Gasteiger partial charge in [0.1, 0.15) is 8.07 Å².